The van der Waals surface area contributed by atoms with Crippen LogP contribution in [0, 0.1) is 0 Å². The van der Waals surface area contributed by atoms with E-state index in [1.54, 1.807) is 22.1 Å². The number of urea groups is 1. The Bertz CT molecular complexity index is 1410. The van der Waals surface area contributed by atoms with Crippen molar-refractivity contribution in [3.63, 3.8) is 0 Å². The molecule has 10 heteroatoms. The average molecular weight is 528 g/mol. The Labute approximate surface area is 223 Å². The number of carbonyl (C=O) groups excluding carboxylic acids is 3. The van der Waals surface area contributed by atoms with E-state index < -0.39 is 11.3 Å². The number of rotatable bonds is 6. The number of hydrogen-bond acceptors (Lipinski definition) is 6. The standard InChI is InChI=1S/C28H25N5O4S/c1-2-22(34)32-15-13-17(16-32)30-26(35)25-24-23-21(12-14-29-27(23)38-25)33(28(36)31-24)18-8-10-20(11-9-18)37-19-6-4-3-5-7-19/h2-12,14,17,24-25H,1,13,15-16H2,(H,30,35)(H,31,36)/t17?,24?,25-/m1/s1. The smallest absolute Gasteiger partial charge is 0.327 e. The molecule has 3 aromatic rings. The largest absolute Gasteiger partial charge is 0.457 e. The Morgan fingerprint density at radius 2 is 1.87 bits per heavy atom. The van der Waals surface area contributed by atoms with Gasteiger partial charge in [0.2, 0.25) is 11.8 Å². The summed E-state index contributed by atoms with van der Waals surface area (Å²) in [4.78, 5) is 46.3. The number of nitrogens with one attached hydrogen (secondary N) is 2. The lowest BCUT2D eigenvalue weighted by Crippen LogP contribution is -2.50. The monoisotopic (exact) mass is 527 g/mol. The molecule has 4 amide bonds. The van der Waals surface area contributed by atoms with Gasteiger partial charge in [0.05, 0.1) is 17.4 Å². The molecule has 192 valence electrons. The molecule has 38 heavy (non-hydrogen) atoms. The number of nitrogens with zero attached hydrogens (tertiary/aromatic N) is 3. The highest BCUT2D eigenvalue weighted by molar-refractivity contribution is 8.01. The molecular formula is C28H25N5O4S. The van der Waals surface area contributed by atoms with E-state index in [2.05, 4.69) is 22.2 Å². The van der Waals surface area contributed by atoms with Gasteiger partial charge in [0.1, 0.15) is 21.8 Å². The molecule has 3 atom stereocenters. The van der Waals surface area contributed by atoms with Crippen molar-refractivity contribution in [2.45, 2.75) is 28.8 Å². The number of benzene rings is 2. The van der Waals surface area contributed by atoms with E-state index in [0.29, 0.717) is 36.6 Å². The van der Waals surface area contributed by atoms with Gasteiger partial charge in [-0.3, -0.25) is 14.5 Å². The number of hydrogen-bond donors (Lipinski definition) is 2. The second-order valence-corrected chi connectivity index (χ2v) is 10.4. The maximum Gasteiger partial charge on any atom is 0.327 e. The molecule has 1 fully saturated rings. The summed E-state index contributed by atoms with van der Waals surface area (Å²) in [5, 5.41) is 6.25. The summed E-state index contributed by atoms with van der Waals surface area (Å²) in [6, 6.07) is 17.6. The van der Waals surface area contributed by atoms with Crippen LogP contribution in [0.1, 0.15) is 18.0 Å². The number of amides is 4. The van der Waals surface area contributed by atoms with Gasteiger partial charge in [0, 0.05) is 30.9 Å². The van der Waals surface area contributed by atoms with Gasteiger partial charge in [-0.05, 0) is 55.0 Å². The zero-order valence-electron chi connectivity index (χ0n) is 20.4. The first-order valence-corrected chi connectivity index (χ1v) is 13.2. The van der Waals surface area contributed by atoms with Crippen LogP contribution in [0.5, 0.6) is 11.5 Å². The average Bonchev–Trinajstić information content (AvgIpc) is 3.55. The summed E-state index contributed by atoms with van der Waals surface area (Å²) in [6.45, 7) is 4.55. The van der Waals surface area contributed by atoms with Crippen LogP contribution in [0.15, 0.2) is 84.5 Å². The van der Waals surface area contributed by atoms with E-state index in [-0.39, 0.29) is 23.9 Å². The predicted octanol–water partition coefficient (Wildman–Crippen LogP) is 4.15. The highest BCUT2D eigenvalue weighted by atomic mass is 32.2. The van der Waals surface area contributed by atoms with Crippen LogP contribution >= 0.6 is 11.8 Å². The molecule has 1 saturated heterocycles. The molecule has 0 saturated carbocycles. The molecule has 6 rings (SSSR count). The molecule has 3 aliphatic heterocycles. The lowest BCUT2D eigenvalue weighted by molar-refractivity contribution is -0.126. The van der Waals surface area contributed by atoms with Crippen molar-refractivity contribution in [1.82, 2.24) is 20.5 Å². The Hall–Kier alpha value is -4.31. The zero-order chi connectivity index (χ0) is 26.2. The van der Waals surface area contributed by atoms with Crippen LogP contribution in [-0.2, 0) is 9.59 Å². The minimum Gasteiger partial charge on any atom is -0.457 e. The third-order valence-corrected chi connectivity index (χ3v) is 8.15. The van der Waals surface area contributed by atoms with Crippen LogP contribution in [-0.4, -0.2) is 52.1 Å². The lowest BCUT2D eigenvalue weighted by atomic mass is 9.99. The molecular weight excluding hydrogens is 502 g/mol. The SMILES string of the molecule is C=CC(=O)N1CCC(NC(=O)[C@@H]2Sc3nccc4c3C2NC(=O)N4c2ccc(Oc3ccccc3)cc2)C1. The molecule has 1 aromatic heterocycles. The zero-order valence-corrected chi connectivity index (χ0v) is 21.2. The third kappa shape index (κ3) is 4.37. The fraction of sp³-hybridized carbons (Fsp3) is 0.214. The lowest BCUT2D eigenvalue weighted by Gasteiger charge is -2.34. The summed E-state index contributed by atoms with van der Waals surface area (Å²) in [6.07, 6.45) is 3.62. The van der Waals surface area contributed by atoms with Gasteiger partial charge in [-0.25, -0.2) is 9.78 Å². The summed E-state index contributed by atoms with van der Waals surface area (Å²) < 4.78 is 5.88. The Kier molecular flexibility index (Phi) is 6.24. The normalized spacial score (nSPS) is 21.5. The third-order valence-electron chi connectivity index (χ3n) is 6.86. The molecule has 0 spiro atoms. The van der Waals surface area contributed by atoms with Crippen LogP contribution in [0.4, 0.5) is 16.2 Å². The number of thioether (sulfide) groups is 1. The number of carbonyl (C=O) groups is 3. The van der Waals surface area contributed by atoms with Gasteiger partial charge in [-0.1, -0.05) is 36.5 Å². The van der Waals surface area contributed by atoms with Crippen molar-refractivity contribution in [2.75, 3.05) is 18.0 Å². The van der Waals surface area contributed by atoms with E-state index in [0.717, 1.165) is 16.3 Å². The Morgan fingerprint density at radius 3 is 2.63 bits per heavy atom. The summed E-state index contributed by atoms with van der Waals surface area (Å²) in [7, 11) is 0. The Balaban J connectivity index is 1.20. The van der Waals surface area contributed by atoms with Crippen LogP contribution < -0.4 is 20.3 Å². The number of ether oxygens (including phenoxy) is 1. The van der Waals surface area contributed by atoms with Crippen LogP contribution in [0.25, 0.3) is 0 Å². The van der Waals surface area contributed by atoms with Crippen molar-refractivity contribution in [1.29, 1.82) is 0 Å². The van der Waals surface area contributed by atoms with Gasteiger partial charge >= 0.3 is 6.03 Å². The summed E-state index contributed by atoms with van der Waals surface area (Å²) in [5.74, 6) is 1.06. The number of likely N-dealkylation sites (tertiary alicyclic amines) is 1. The first-order chi connectivity index (χ1) is 18.5. The van der Waals surface area contributed by atoms with E-state index in [9.17, 15) is 14.4 Å². The van der Waals surface area contributed by atoms with Crippen LogP contribution in [0.3, 0.4) is 0 Å². The van der Waals surface area contributed by atoms with Gasteiger partial charge < -0.3 is 20.3 Å². The van der Waals surface area contributed by atoms with Gasteiger partial charge in [0.25, 0.3) is 0 Å². The minimum absolute atomic E-state index is 0.141. The second kappa shape index (κ2) is 9.86. The molecule has 0 radical (unpaired) electrons. The van der Waals surface area contributed by atoms with Crippen molar-refractivity contribution in [3.05, 3.63) is 85.1 Å². The van der Waals surface area contributed by atoms with Gasteiger partial charge in [-0.15, -0.1) is 0 Å². The minimum atomic E-state index is -0.560. The second-order valence-electron chi connectivity index (χ2n) is 9.24. The fourth-order valence-corrected chi connectivity index (χ4v) is 6.30. The van der Waals surface area contributed by atoms with E-state index in [1.807, 2.05) is 54.6 Å². The fourth-order valence-electron chi connectivity index (χ4n) is 5.06. The van der Waals surface area contributed by atoms with Crippen molar-refractivity contribution >= 4 is 41.0 Å². The molecule has 2 unspecified atom stereocenters. The summed E-state index contributed by atoms with van der Waals surface area (Å²) >= 11 is 1.35. The van der Waals surface area contributed by atoms with Crippen molar-refractivity contribution in [2.24, 2.45) is 0 Å². The molecule has 4 heterocycles. The number of aromatic nitrogens is 1. The highest BCUT2D eigenvalue weighted by Crippen LogP contribution is 2.50. The number of pyridine rings is 1. The molecule has 0 aliphatic carbocycles. The molecule has 2 aromatic carbocycles. The van der Waals surface area contributed by atoms with Crippen molar-refractivity contribution in [3.8, 4) is 11.5 Å². The first-order valence-electron chi connectivity index (χ1n) is 12.3. The van der Waals surface area contributed by atoms with Crippen molar-refractivity contribution < 1.29 is 19.1 Å². The first kappa shape index (κ1) is 24.1. The summed E-state index contributed by atoms with van der Waals surface area (Å²) in [5.41, 5.74) is 2.20. The highest BCUT2D eigenvalue weighted by Gasteiger charge is 2.47. The topological polar surface area (TPSA) is 104 Å². The number of anilines is 2. The predicted molar refractivity (Wildman–Crippen MR) is 144 cm³/mol. The van der Waals surface area contributed by atoms with Gasteiger partial charge in [0.15, 0.2) is 0 Å². The quantitative estimate of drug-likeness (QED) is 0.467. The van der Waals surface area contributed by atoms with E-state index in [1.165, 1.54) is 17.8 Å². The molecule has 9 nitrogen and oxygen atoms in total. The molecule has 0 bridgehead atoms. The molecule has 3 aliphatic rings. The number of para-hydroxylation sites is 1. The molecule has 2 N–H and O–H groups in total. The van der Waals surface area contributed by atoms with Gasteiger partial charge in [-0.2, -0.15) is 0 Å². The van der Waals surface area contributed by atoms with E-state index in [4.69, 9.17) is 4.74 Å². The van der Waals surface area contributed by atoms with E-state index >= 15 is 0 Å². The van der Waals surface area contributed by atoms with Crippen LogP contribution in [0.2, 0.25) is 0 Å². The maximum absolute atomic E-state index is 13.4. The maximum atomic E-state index is 13.4. The Morgan fingerprint density at radius 1 is 1.11 bits per heavy atom.